The van der Waals surface area contributed by atoms with Crippen LogP contribution in [0.4, 0.5) is 4.39 Å². The molecule has 1 aromatic heterocycles. The molecular weight excluding hydrogens is 299 g/mol. The van der Waals surface area contributed by atoms with Crippen LogP contribution in [-0.2, 0) is 13.5 Å². The Hall–Kier alpha value is -1.24. The molecule has 0 saturated carbocycles. The van der Waals surface area contributed by atoms with Crippen LogP contribution in [0, 0.1) is 5.82 Å². The van der Waals surface area contributed by atoms with Crippen LogP contribution in [0.5, 0.6) is 0 Å². The van der Waals surface area contributed by atoms with Gasteiger partial charge >= 0.3 is 0 Å². The van der Waals surface area contributed by atoms with Crippen LogP contribution < -0.4 is 11.3 Å². The number of hydrazine groups is 1. The van der Waals surface area contributed by atoms with Gasteiger partial charge in [-0.15, -0.1) is 0 Å². The van der Waals surface area contributed by atoms with E-state index in [-0.39, 0.29) is 11.9 Å². The molecule has 0 fully saturated rings. The molecule has 1 unspecified atom stereocenters. The maximum atomic E-state index is 13.7. The van der Waals surface area contributed by atoms with E-state index in [1.165, 1.54) is 6.07 Å². The molecule has 0 bridgehead atoms. The van der Waals surface area contributed by atoms with Gasteiger partial charge in [0.1, 0.15) is 5.82 Å². The third-order valence-electron chi connectivity index (χ3n) is 2.84. The third-order valence-corrected chi connectivity index (χ3v) is 3.34. The molecule has 3 N–H and O–H groups in total. The van der Waals surface area contributed by atoms with Crippen molar-refractivity contribution in [3.63, 3.8) is 0 Å². The topological polar surface area (TPSA) is 55.9 Å². The molecule has 2 rings (SSSR count). The molecule has 18 heavy (non-hydrogen) atoms. The van der Waals surface area contributed by atoms with Crippen LogP contribution in [-0.4, -0.2) is 9.55 Å². The zero-order valence-corrected chi connectivity index (χ0v) is 11.5. The van der Waals surface area contributed by atoms with Gasteiger partial charge < -0.3 is 4.57 Å². The second-order valence-corrected chi connectivity index (χ2v) is 5.00. The third kappa shape index (κ3) is 2.77. The Balaban J connectivity index is 2.26. The van der Waals surface area contributed by atoms with Crippen molar-refractivity contribution in [1.29, 1.82) is 0 Å². The first-order valence-electron chi connectivity index (χ1n) is 5.48. The number of aryl methyl sites for hydroxylation is 1. The van der Waals surface area contributed by atoms with E-state index in [4.69, 9.17) is 5.84 Å². The zero-order chi connectivity index (χ0) is 13.1. The van der Waals surface area contributed by atoms with E-state index in [2.05, 4.69) is 26.3 Å². The number of halogens is 2. The SMILES string of the molecule is Cn1cncc1C(Cc1cc(Br)ccc1F)NN. The summed E-state index contributed by atoms with van der Waals surface area (Å²) in [7, 11) is 1.88. The molecule has 0 aliphatic heterocycles. The first kappa shape index (κ1) is 13.2. The summed E-state index contributed by atoms with van der Waals surface area (Å²) in [5.41, 5.74) is 4.22. The highest BCUT2D eigenvalue weighted by Gasteiger charge is 2.16. The predicted molar refractivity (Wildman–Crippen MR) is 71.1 cm³/mol. The number of benzene rings is 1. The van der Waals surface area contributed by atoms with Gasteiger partial charge in [-0.2, -0.15) is 0 Å². The van der Waals surface area contributed by atoms with E-state index >= 15 is 0 Å². The molecule has 4 nitrogen and oxygen atoms in total. The van der Waals surface area contributed by atoms with Crippen molar-refractivity contribution >= 4 is 15.9 Å². The summed E-state index contributed by atoms with van der Waals surface area (Å²) in [6.07, 6.45) is 3.87. The highest BCUT2D eigenvalue weighted by molar-refractivity contribution is 9.10. The van der Waals surface area contributed by atoms with Gasteiger partial charge in [-0.1, -0.05) is 15.9 Å². The van der Waals surface area contributed by atoms with Gasteiger partial charge in [0.05, 0.1) is 18.1 Å². The van der Waals surface area contributed by atoms with Gasteiger partial charge in [-0.25, -0.2) is 9.37 Å². The van der Waals surface area contributed by atoms with Crippen molar-refractivity contribution in [2.24, 2.45) is 12.9 Å². The number of imidazole rings is 1. The first-order chi connectivity index (χ1) is 8.61. The Morgan fingerprint density at radius 1 is 1.56 bits per heavy atom. The van der Waals surface area contributed by atoms with Gasteiger partial charge in [0.2, 0.25) is 0 Å². The van der Waals surface area contributed by atoms with Crippen LogP contribution in [0.3, 0.4) is 0 Å². The highest BCUT2D eigenvalue weighted by Crippen LogP contribution is 2.22. The number of aromatic nitrogens is 2. The van der Waals surface area contributed by atoms with E-state index in [0.29, 0.717) is 12.0 Å². The molecule has 1 heterocycles. The number of nitrogens with one attached hydrogen (secondary N) is 1. The Morgan fingerprint density at radius 2 is 2.33 bits per heavy atom. The molecule has 6 heteroatoms. The average Bonchev–Trinajstić information content (AvgIpc) is 2.77. The predicted octanol–water partition coefficient (Wildman–Crippen LogP) is 2.07. The van der Waals surface area contributed by atoms with Crippen LogP contribution in [0.1, 0.15) is 17.3 Å². The highest BCUT2D eigenvalue weighted by atomic mass is 79.9. The van der Waals surface area contributed by atoms with E-state index in [0.717, 1.165) is 10.2 Å². The number of nitrogens with zero attached hydrogens (tertiary/aromatic N) is 2. The monoisotopic (exact) mass is 312 g/mol. The normalized spacial score (nSPS) is 12.7. The van der Waals surface area contributed by atoms with E-state index < -0.39 is 0 Å². The number of rotatable bonds is 4. The molecule has 0 saturated heterocycles. The van der Waals surface area contributed by atoms with E-state index in [9.17, 15) is 4.39 Å². The lowest BCUT2D eigenvalue weighted by molar-refractivity contribution is 0.506. The van der Waals surface area contributed by atoms with Crippen LogP contribution >= 0.6 is 15.9 Å². The van der Waals surface area contributed by atoms with Gasteiger partial charge in [0.15, 0.2) is 0 Å². The van der Waals surface area contributed by atoms with Gasteiger partial charge in [0, 0.05) is 17.7 Å². The molecular formula is C12H14BrFN4. The number of nitrogens with two attached hydrogens (primary N) is 1. The first-order valence-corrected chi connectivity index (χ1v) is 6.27. The fourth-order valence-electron chi connectivity index (χ4n) is 1.87. The Bertz CT molecular complexity index is 541. The summed E-state index contributed by atoms with van der Waals surface area (Å²) < 4.78 is 16.4. The van der Waals surface area contributed by atoms with E-state index in [1.807, 2.05) is 11.6 Å². The quantitative estimate of drug-likeness (QED) is 0.671. The van der Waals surface area contributed by atoms with Crippen molar-refractivity contribution in [2.75, 3.05) is 0 Å². The lowest BCUT2D eigenvalue weighted by Crippen LogP contribution is -2.31. The average molecular weight is 313 g/mol. The maximum Gasteiger partial charge on any atom is 0.126 e. The Morgan fingerprint density at radius 3 is 2.94 bits per heavy atom. The fourth-order valence-corrected chi connectivity index (χ4v) is 2.28. The van der Waals surface area contributed by atoms with Gasteiger partial charge in [-0.3, -0.25) is 11.3 Å². The summed E-state index contributed by atoms with van der Waals surface area (Å²) in [6, 6.07) is 4.70. The summed E-state index contributed by atoms with van der Waals surface area (Å²) >= 11 is 3.34. The van der Waals surface area contributed by atoms with Gasteiger partial charge in [0.25, 0.3) is 0 Å². The van der Waals surface area contributed by atoms with Crippen LogP contribution in [0.15, 0.2) is 35.2 Å². The standard InChI is InChI=1S/C12H14BrFN4/c1-18-7-16-6-12(18)11(17-15)5-8-4-9(13)2-3-10(8)14/h2-4,6-7,11,17H,5,15H2,1H3. The molecule has 0 aliphatic carbocycles. The smallest absolute Gasteiger partial charge is 0.126 e. The minimum atomic E-state index is -0.236. The second kappa shape index (κ2) is 5.60. The summed E-state index contributed by atoms with van der Waals surface area (Å²) in [5.74, 6) is 5.31. The fraction of sp³-hybridized carbons (Fsp3) is 0.250. The molecule has 0 amide bonds. The number of hydrogen-bond acceptors (Lipinski definition) is 3. The van der Waals surface area contributed by atoms with Gasteiger partial charge in [-0.05, 0) is 30.2 Å². The lowest BCUT2D eigenvalue weighted by atomic mass is 10.0. The molecule has 0 spiro atoms. The lowest BCUT2D eigenvalue weighted by Gasteiger charge is -2.17. The second-order valence-electron chi connectivity index (χ2n) is 4.09. The molecule has 1 aromatic carbocycles. The number of hydrogen-bond donors (Lipinski definition) is 2. The zero-order valence-electron chi connectivity index (χ0n) is 9.90. The molecule has 1 atom stereocenters. The maximum absolute atomic E-state index is 13.7. The molecule has 0 aliphatic rings. The minimum absolute atomic E-state index is 0.179. The van der Waals surface area contributed by atoms with Crippen LogP contribution in [0.25, 0.3) is 0 Å². The van der Waals surface area contributed by atoms with Crippen molar-refractivity contribution in [3.8, 4) is 0 Å². The van der Waals surface area contributed by atoms with Crippen molar-refractivity contribution in [1.82, 2.24) is 15.0 Å². The van der Waals surface area contributed by atoms with Crippen LogP contribution in [0.2, 0.25) is 0 Å². The molecule has 0 radical (unpaired) electrons. The van der Waals surface area contributed by atoms with E-state index in [1.54, 1.807) is 24.7 Å². The van der Waals surface area contributed by atoms with Crippen molar-refractivity contribution < 1.29 is 4.39 Å². The summed E-state index contributed by atoms with van der Waals surface area (Å²) in [6.45, 7) is 0. The largest absolute Gasteiger partial charge is 0.336 e. The summed E-state index contributed by atoms with van der Waals surface area (Å²) in [4.78, 5) is 4.04. The molecule has 2 aromatic rings. The van der Waals surface area contributed by atoms with Crippen molar-refractivity contribution in [3.05, 3.63) is 52.3 Å². The minimum Gasteiger partial charge on any atom is -0.336 e. The summed E-state index contributed by atoms with van der Waals surface area (Å²) in [5, 5.41) is 0. The van der Waals surface area contributed by atoms with Crippen molar-refractivity contribution in [2.45, 2.75) is 12.5 Å². The Kier molecular flexibility index (Phi) is 4.11. The Labute approximate surface area is 113 Å². The molecule has 96 valence electrons.